The van der Waals surface area contributed by atoms with Crippen LogP contribution in [0.3, 0.4) is 0 Å². The van der Waals surface area contributed by atoms with Crippen LogP contribution in [0.5, 0.6) is 0 Å². The van der Waals surface area contributed by atoms with Gasteiger partial charge >= 0.3 is 6.18 Å². The zero-order chi connectivity index (χ0) is 23.4. The first-order chi connectivity index (χ1) is 14.9. The molecule has 3 heterocycles. The summed E-state index contributed by atoms with van der Waals surface area (Å²) in [6.07, 6.45) is -6.70. The van der Waals surface area contributed by atoms with E-state index in [2.05, 4.69) is 15.0 Å². The molecule has 0 aliphatic carbocycles. The highest BCUT2D eigenvalue weighted by molar-refractivity contribution is 7.92. The average molecular weight is 477 g/mol. The zero-order valence-corrected chi connectivity index (χ0v) is 17.2. The number of nitrogens with one attached hydrogen (secondary N) is 1. The first kappa shape index (κ1) is 22.2. The van der Waals surface area contributed by atoms with Crippen molar-refractivity contribution in [2.24, 2.45) is 0 Å². The van der Waals surface area contributed by atoms with E-state index in [0.717, 1.165) is 18.2 Å². The van der Waals surface area contributed by atoms with Gasteiger partial charge in [-0.05, 0) is 19.1 Å². The smallest absolute Gasteiger partial charge is 0.384 e. The molecule has 3 N–H and O–H groups in total. The van der Waals surface area contributed by atoms with Crippen molar-refractivity contribution in [3.63, 3.8) is 0 Å². The highest BCUT2D eigenvalue weighted by Gasteiger charge is 2.44. The fraction of sp³-hybridized carbons (Fsp3) is 0.333. The molecule has 4 rings (SSSR count). The normalized spacial score (nSPS) is 17.8. The number of fused-ring (bicyclic) bond motifs is 1. The van der Waals surface area contributed by atoms with E-state index in [9.17, 15) is 30.4 Å². The van der Waals surface area contributed by atoms with Gasteiger partial charge in [0.2, 0.25) is 9.84 Å². The van der Waals surface area contributed by atoms with E-state index in [1.54, 1.807) is 0 Å². The maximum absolute atomic E-state index is 14.2. The molecule has 1 aromatic carbocycles. The lowest BCUT2D eigenvalue weighted by atomic mass is 10.2. The number of anilines is 2. The van der Waals surface area contributed by atoms with Crippen LogP contribution in [-0.2, 0) is 14.6 Å². The minimum Gasteiger partial charge on any atom is -0.384 e. The first-order valence-electron chi connectivity index (χ1n) is 9.19. The lowest BCUT2D eigenvalue weighted by Gasteiger charge is -2.34. The SMILES string of the molecule is Cc1nc(N2CCO[C@@H](C(F)(F)F)C2)c2[nH]c(N)c(S(=O)(=O)c3c(F)cccc3F)c2n1. The van der Waals surface area contributed by atoms with Gasteiger partial charge in [0.1, 0.15) is 44.1 Å². The topological polar surface area (TPSA) is 114 Å². The fourth-order valence-corrected chi connectivity index (χ4v) is 5.13. The highest BCUT2D eigenvalue weighted by atomic mass is 32.2. The molecule has 32 heavy (non-hydrogen) atoms. The zero-order valence-electron chi connectivity index (χ0n) is 16.4. The van der Waals surface area contributed by atoms with E-state index >= 15 is 0 Å². The van der Waals surface area contributed by atoms with Crippen molar-refractivity contribution in [2.75, 3.05) is 30.3 Å². The van der Waals surface area contributed by atoms with Gasteiger partial charge in [0.15, 0.2) is 11.9 Å². The third-order valence-electron chi connectivity index (χ3n) is 4.91. The number of aryl methyl sites for hydroxylation is 1. The van der Waals surface area contributed by atoms with Gasteiger partial charge in [-0.25, -0.2) is 27.2 Å². The van der Waals surface area contributed by atoms with Crippen LogP contribution in [0.25, 0.3) is 11.0 Å². The van der Waals surface area contributed by atoms with Gasteiger partial charge in [-0.2, -0.15) is 13.2 Å². The Hall–Kier alpha value is -3.00. The molecule has 14 heteroatoms. The third kappa shape index (κ3) is 3.62. The van der Waals surface area contributed by atoms with Crippen LogP contribution in [0.4, 0.5) is 33.6 Å². The monoisotopic (exact) mass is 477 g/mol. The van der Waals surface area contributed by atoms with E-state index in [1.807, 2.05) is 0 Å². The average Bonchev–Trinajstić information content (AvgIpc) is 3.02. The highest BCUT2D eigenvalue weighted by Crippen LogP contribution is 2.38. The Balaban J connectivity index is 1.90. The Morgan fingerprint density at radius 3 is 2.47 bits per heavy atom. The lowest BCUT2D eigenvalue weighted by Crippen LogP contribution is -2.49. The molecule has 0 spiro atoms. The van der Waals surface area contributed by atoms with Crippen molar-refractivity contribution in [3.05, 3.63) is 35.7 Å². The van der Waals surface area contributed by atoms with E-state index in [4.69, 9.17) is 10.5 Å². The molecule has 1 aliphatic heterocycles. The number of rotatable bonds is 3. The van der Waals surface area contributed by atoms with Gasteiger partial charge in [0.25, 0.3) is 0 Å². The van der Waals surface area contributed by atoms with E-state index in [-0.39, 0.29) is 35.8 Å². The molecule has 0 bridgehead atoms. The van der Waals surface area contributed by atoms with E-state index in [0.29, 0.717) is 0 Å². The minimum absolute atomic E-state index is 0.0204. The van der Waals surface area contributed by atoms with Crippen LogP contribution in [0.15, 0.2) is 28.0 Å². The second-order valence-electron chi connectivity index (χ2n) is 7.09. The molecule has 1 aliphatic rings. The first-order valence-corrected chi connectivity index (χ1v) is 10.7. The van der Waals surface area contributed by atoms with E-state index < -0.39 is 55.9 Å². The van der Waals surface area contributed by atoms with Crippen molar-refractivity contribution in [1.82, 2.24) is 15.0 Å². The Labute approximate surface area is 178 Å². The number of hydrogen-bond acceptors (Lipinski definition) is 7. The number of alkyl halides is 3. The molecular formula is C18H16F5N5O3S. The number of nitrogens with two attached hydrogens (primary N) is 1. The molecular weight excluding hydrogens is 461 g/mol. The summed E-state index contributed by atoms with van der Waals surface area (Å²) in [7, 11) is -4.83. The largest absolute Gasteiger partial charge is 0.416 e. The van der Waals surface area contributed by atoms with Gasteiger partial charge in [0.05, 0.1) is 13.2 Å². The van der Waals surface area contributed by atoms with E-state index in [1.165, 1.54) is 11.8 Å². The van der Waals surface area contributed by atoms with Crippen LogP contribution in [0, 0.1) is 18.6 Å². The molecule has 1 saturated heterocycles. The summed E-state index contributed by atoms with van der Waals surface area (Å²) in [4.78, 5) is 10.1. The summed E-state index contributed by atoms with van der Waals surface area (Å²) in [5, 5.41) is 0. The quantitative estimate of drug-likeness (QED) is 0.558. The number of benzene rings is 1. The van der Waals surface area contributed by atoms with Gasteiger partial charge in [-0.1, -0.05) is 6.07 Å². The number of aromatic amines is 1. The van der Waals surface area contributed by atoms with Crippen molar-refractivity contribution in [1.29, 1.82) is 0 Å². The Kier molecular flexibility index (Phi) is 5.24. The number of hydrogen-bond donors (Lipinski definition) is 2. The van der Waals surface area contributed by atoms with Crippen LogP contribution < -0.4 is 10.6 Å². The van der Waals surface area contributed by atoms with Crippen molar-refractivity contribution < 1.29 is 35.1 Å². The summed E-state index contributed by atoms with van der Waals surface area (Å²) in [5.41, 5.74) is 5.48. The van der Waals surface area contributed by atoms with Crippen molar-refractivity contribution in [3.8, 4) is 0 Å². The lowest BCUT2D eigenvalue weighted by molar-refractivity contribution is -0.221. The predicted octanol–water partition coefficient (Wildman–Crippen LogP) is 2.73. The second kappa shape index (κ2) is 7.55. The number of sulfone groups is 1. The molecule has 1 fully saturated rings. The molecule has 0 saturated carbocycles. The number of aromatic nitrogens is 3. The molecule has 0 amide bonds. The molecule has 3 aromatic rings. The van der Waals surface area contributed by atoms with Crippen LogP contribution in [-0.4, -0.2) is 55.3 Å². The molecule has 0 unspecified atom stereocenters. The Bertz CT molecular complexity index is 1290. The standard InChI is InChI=1S/C18H16F5N5O3S/c1-8-25-12-13(17(26-8)28-5-6-31-11(7-28)18(21,22)23)27-16(24)15(12)32(29,30)14-9(19)3-2-4-10(14)20/h2-4,11,27H,5-7,24H2,1H3/t11-/m1/s1. The molecule has 8 nitrogen and oxygen atoms in total. The minimum atomic E-state index is -4.83. The number of ether oxygens (including phenoxy) is 1. The summed E-state index contributed by atoms with van der Waals surface area (Å²) in [5.74, 6) is -3.15. The number of nitrogens with zero attached hydrogens (tertiary/aromatic N) is 3. The fourth-order valence-electron chi connectivity index (χ4n) is 3.54. The summed E-state index contributed by atoms with van der Waals surface area (Å²) in [6.45, 7) is 0.573. The van der Waals surface area contributed by atoms with Crippen LogP contribution in [0.2, 0.25) is 0 Å². The summed E-state index contributed by atoms with van der Waals surface area (Å²) in [6, 6.07) is 2.55. The van der Waals surface area contributed by atoms with Gasteiger partial charge in [0, 0.05) is 6.54 Å². The summed E-state index contributed by atoms with van der Waals surface area (Å²) >= 11 is 0. The van der Waals surface area contributed by atoms with Gasteiger partial charge < -0.3 is 20.4 Å². The maximum Gasteiger partial charge on any atom is 0.416 e. The van der Waals surface area contributed by atoms with Crippen LogP contribution >= 0.6 is 0 Å². The summed E-state index contributed by atoms with van der Waals surface area (Å²) < 4.78 is 99.0. The van der Waals surface area contributed by atoms with Gasteiger partial charge in [-0.15, -0.1) is 0 Å². The Morgan fingerprint density at radius 1 is 1.19 bits per heavy atom. The molecule has 172 valence electrons. The number of nitrogen functional groups attached to an aromatic ring is 1. The molecule has 1 atom stereocenters. The number of morpholine rings is 1. The predicted molar refractivity (Wildman–Crippen MR) is 103 cm³/mol. The molecule has 2 aromatic heterocycles. The van der Waals surface area contributed by atoms with Crippen molar-refractivity contribution in [2.45, 2.75) is 29.0 Å². The number of H-pyrrole nitrogens is 1. The molecule has 0 radical (unpaired) electrons. The van der Waals surface area contributed by atoms with Crippen LogP contribution in [0.1, 0.15) is 5.82 Å². The third-order valence-corrected chi connectivity index (χ3v) is 6.79. The number of halogens is 5. The Morgan fingerprint density at radius 2 is 1.84 bits per heavy atom. The van der Waals surface area contributed by atoms with Crippen molar-refractivity contribution >= 4 is 32.5 Å². The second-order valence-corrected chi connectivity index (χ2v) is 8.91. The van der Waals surface area contributed by atoms with Gasteiger partial charge in [-0.3, -0.25) is 0 Å². The maximum atomic E-state index is 14.2.